The van der Waals surface area contributed by atoms with E-state index in [1.54, 1.807) is 6.20 Å². The first-order valence-corrected chi connectivity index (χ1v) is 5.79. The Morgan fingerprint density at radius 2 is 1.95 bits per heavy atom. The largest absolute Gasteiger partial charge is 0.388 e. The number of hydrogen-bond donors (Lipinski definition) is 1. The fourth-order valence-electron chi connectivity index (χ4n) is 2.00. The van der Waals surface area contributed by atoms with E-state index < -0.39 is 11.6 Å². The Morgan fingerprint density at radius 1 is 1.11 bits per heavy atom. The minimum absolute atomic E-state index is 0.538. The summed E-state index contributed by atoms with van der Waals surface area (Å²) in [5.74, 6) is -1.15. The van der Waals surface area contributed by atoms with Crippen molar-refractivity contribution in [3.8, 4) is 11.4 Å². The number of fused-ring (bicyclic) bond motifs is 1. The normalized spacial score (nSPS) is 10.9. The van der Waals surface area contributed by atoms with Crippen LogP contribution in [0.4, 0.5) is 14.5 Å². The second-order valence-electron chi connectivity index (χ2n) is 4.17. The van der Waals surface area contributed by atoms with Gasteiger partial charge in [-0.3, -0.25) is 4.40 Å². The van der Waals surface area contributed by atoms with Crippen LogP contribution in [0.25, 0.3) is 16.9 Å². The average molecular weight is 259 g/mol. The van der Waals surface area contributed by atoms with Gasteiger partial charge in [0.1, 0.15) is 5.82 Å². The van der Waals surface area contributed by atoms with Crippen molar-refractivity contribution in [1.29, 1.82) is 0 Å². The molecule has 19 heavy (non-hydrogen) atoms. The molecule has 3 nitrogen and oxygen atoms in total. The number of benzene rings is 1. The Morgan fingerprint density at radius 3 is 2.68 bits per heavy atom. The molecule has 0 aliphatic heterocycles. The predicted molar refractivity (Wildman–Crippen MR) is 70.1 cm³/mol. The predicted octanol–water partition coefficient (Wildman–Crippen LogP) is 3.32. The van der Waals surface area contributed by atoms with Crippen LogP contribution in [0.1, 0.15) is 0 Å². The van der Waals surface area contributed by atoms with E-state index in [1.807, 2.05) is 29.8 Å². The van der Waals surface area contributed by atoms with Crippen LogP contribution < -0.4 is 5.32 Å². The molecule has 0 saturated carbocycles. The summed E-state index contributed by atoms with van der Waals surface area (Å²) < 4.78 is 28.0. The summed E-state index contributed by atoms with van der Waals surface area (Å²) in [7, 11) is 1.83. The van der Waals surface area contributed by atoms with Crippen LogP contribution in [-0.4, -0.2) is 16.4 Å². The maximum absolute atomic E-state index is 13.3. The highest BCUT2D eigenvalue weighted by atomic mass is 19.2. The van der Waals surface area contributed by atoms with Crippen LogP contribution in [-0.2, 0) is 0 Å². The molecule has 2 heterocycles. The Kier molecular flexibility index (Phi) is 2.67. The monoisotopic (exact) mass is 259 g/mol. The topological polar surface area (TPSA) is 29.3 Å². The molecule has 0 aliphatic carbocycles. The van der Waals surface area contributed by atoms with Gasteiger partial charge in [-0.1, -0.05) is 0 Å². The molecule has 0 radical (unpaired) electrons. The van der Waals surface area contributed by atoms with Crippen molar-refractivity contribution in [2.45, 2.75) is 0 Å². The van der Waals surface area contributed by atoms with E-state index in [4.69, 9.17) is 0 Å². The molecule has 0 unspecified atom stereocenters. The number of pyridine rings is 1. The minimum Gasteiger partial charge on any atom is -0.388 e. The number of nitrogens with zero attached hydrogens (tertiary/aromatic N) is 2. The van der Waals surface area contributed by atoms with Gasteiger partial charge < -0.3 is 5.32 Å². The lowest BCUT2D eigenvalue weighted by Gasteiger charge is -2.04. The molecular weight excluding hydrogens is 248 g/mol. The van der Waals surface area contributed by atoms with Crippen molar-refractivity contribution in [2.75, 3.05) is 12.4 Å². The first-order valence-electron chi connectivity index (χ1n) is 5.79. The second kappa shape index (κ2) is 4.35. The molecule has 0 spiro atoms. The Hall–Kier alpha value is -2.43. The third-order valence-corrected chi connectivity index (χ3v) is 3.00. The van der Waals surface area contributed by atoms with Crippen molar-refractivity contribution in [3.63, 3.8) is 0 Å². The molecule has 0 atom stereocenters. The first-order chi connectivity index (χ1) is 9.19. The van der Waals surface area contributed by atoms with Gasteiger partial charge >= 0.3 is 0 Å². The molecule has 2 aromatic heterocycles. The van der Waals surface area contributed by atoms with Gasteiger partial charge in [0.05, 0.1) is 11.7 Å². The SMILES string of the molecule is CNc1ccn2c(-c3ccc(F)c(F)c3)ncc2c1. The van der Waals surface area contributed by atoms with E-state index in [-0.39, 0.29) is 0 Å². The maximum Gasteiger partial charge on any atom is 0.159 e. The molecular formula is C14H11F2N3. The van der Waals surface area contributed by atoms with Gasteiger partial charge in [0.15, 0.2) is 11.6 Å². The van der Waals surface area contributed by atoms with Crippen molar-refractivity contribution in [2.24, 2.45) is 0 Å². The van der Waals surface area contributed by atoms with E-state index in [9.17, 15) is 8.78 Å². The average Bonchev–Trinajstić information content (AvgIpc) is 2.84. The third kappa shape index (κ3) is 1.93. The Balaban J connectivity index is 2.17. The van der Waals surface area contributed by atoms with E-state index in [0.717, 1.165) is 23.3 Å². The number of anilines is 1. The smallest absolute Gasteiger partial charge is 0.159 e. The molecule has 3 rings (SSSR count). The summed E-state index contributed by atoms with van der Waals surface area (Å²) in [6, 6.07) is 7.58. The highest BCUT2D eigenvalue weighted by Crippen LogP contribution is 2.23. The van der Waals surface area contributed by atoms with Crippen LogP contribution in [0, 0.1) is 11.6 Å². The van der Waals surface area contributed by atoms with Crippen LogP contribution in [0.3, 0.4) is 0 Å². The first kappa shape index (κ1) is 11.6. The third-order valence-electron chi connectivity index (χ3n) is 3.00. The van der Waals surface area contributed by atoms with Crippen LogP contribution in [0.5, 0.6) is 0 Å². The lowest BCUT2D eigenvalue weighted by Crippen LogP contribution is -1.93. The van der Waals surface area contributed by atoms with Gasteiger partial charge in [-0.25, -0.2) is 13.8 Å². The summed E-state index contributed by atoms with van der Waals surface area (Å²) in [6.45, 7) is 0. The Bertz CT molecular complexity index is 750. The van der Waals surface area contributed by atoms with E-state index >= 15 is 0 Å². The number of nitrogens with one attached hydrogen (secondary N) is 1. The fraction of sp³-hybridized carbons (Fsp3) is 0.0714. The van der Waals surface area contributed by atoms with Crippen LogP contribution in [0.15, 0.2) is 42.7 Å². The van der Waals surface area contributed by atoms with Gasteiger partial charge in [-0.15, -0.1) is 0 Å². The van der Waals surface area contributed by atoms with Crippen molar-refractivity contribution in [3.05, 3.63) is 54.4 Å². The Labute approximate surface area is 108 Å². The summed E-state index contributed by atoms with van der Waals surface area (Å²) >= 11 is 0. The molecule has 5 heteroatoms. The summed E-state index contributed by atoms with van der Waals surface area (Å²) in [5, 5.41) is 3.03. The van der Waals surface area contributed by atoms with Crippen LogP contribution >= 0.6 is 0 Å². The summed E-state index contributed by atoms with van der Waals surface area (Å²) in [6.07, 6.45) is 3.53. The lowest BCUT2D eigenvalue weighted by atomic mass is 10.2. The zero-order chi connectivity index (χ0) is 13.4. The molecule has 0 saturated heterocycles. The number of rotatable bonds is 2. The summed E-state index contributed by atoms with van der Waals surface area (Å²) in [4.78, 5) is 4.26. The van der Waals surface area contributed by atoms with E-state index in [0.29, 0.717) is 11.4 Å². The molecule has 0 aliphatic rings. The maximum atomic E-state index is 13.3. The van der Waals surface area contributed by atoms with Gasteiger partial charge in [-0.2, -0.15) is 0 Å². The van der Waals surface area contributed by atoms with Crippen molar-refractivity contribution >= 4 is 11.2 Å². The lowest BCUT2D eigenvalue weighted by molar-refractivity contribution is 0.509. The van der Waals surface area contributed by atoms with Gasteiger partial charge in [-0.05, 0) is 30.3 Å². The number of aromatic nitrogens is 2. The standard InChI is InChI=1S/C14H11F2N3/c1-17-10-4-5-19-11(7-10)8-18-14(19)9-2-3-12(15)13(16)6-9/h2-8,17H,1H3. The number of imidazole rings is 1. The van der Waals surface area contributed by atoms with Gasteiger partial charge in [0, 0.05) is 24.5 Å². The zero-order valence-corrected chi connectivity index (χ0v) is 10.2. The summed E-state index contributed by atoms with van der Waals surface area (Å²) in [5.41, 5.74) is 2.38. The molecule has 1 N–H and O–H groups in total. The molecule has 1 aromatic carbocycles. The zero-order valence-electron chi connectivity index (χ0n) is 10.2. The van der Waals surface area contributed by atoms with Gasteiger partial charge in [0.25, 0.3) is 0 Å². The molecule has 0 bridgehead atoms. The number of hydrogen-bond acceptors (Lipinski definition) is 2. The fourth-order valence-corrected chi connectivity index (χ4v) is 2.00. The highest BCUT2D eigenvalue weighted by molar-refractivity contribution is 5.65. The second-order valence-corrected chi connectivity index (χ2v) is 4.17. The molecule has 3 aromatic rings. The van der Waals surface area contributed by atoms with Crippen molar-refractivity contribution in [1.82, 2.24) is 9.38 Å². The van der Waals surface area contributed by atoms with Crippen LogP contribution in [0.2, 0.25) is 0 Å². The van der Waals surface area contributed by atoms with E-state index in [2.05, 4.69) is 10.3 Å². The van der Waals surface area contributed by atoms with Crippen molar-refractivity contribution < 1.29 is 8.78 Å². The van der Waals surface area contributed by atoms with E-state index in [1.165, 1.54) is 6.07 Å². The molecule has 0 fully saturated rings. The highest BCUT2D eigenvalue weighted by Gasteiger charge is 2.09. The quantitative estimate of drug-likeness (QED) is 0.765. The molecule has 96 valence electrons. The molecule has 0 amide bonds. The number of halogens is 2. The minimum atomic E-state index is -0.874. The van der Waals surface area contributed by atoms with Gasteiger partial charge in [0.2, 0.25) is 0 Å².